The van der Waals surface area contributed by atoms with Crippen LogP contribution in [-0.4, -0.2) is 42.4 Å². The van der Waals surface area contributed by atoms with Crippen molar-refractivity contribution in [2.45, 2.75) is 26.4 Å². The first kappa shape index (κ1) is 12.6. The Morgan fingerprint density at radius 3 is 2.65 bits per heavy atom. The zero-order valence-electron chi connectivity index (χ0n) is 10.6. The summed E-state index contributed by atoms with van der Waals surface area (Å²) in [6.07, 6.45) is 0. The Kier molecular flexibility index (Phi) is 4.15. The fourth-order valence-electron chi connectivity index (χ4n) is 2.46. The van der Waals surface area contributed by atoms with Crippen LogP contribution in [-0.2, 0) is 11.3 Å². The van der Waals surface area contributed by atoms with Crippen molar-refractivity contribution in [1.29, 1.82) is 0 Å². The maximum atomic E-state index is 9.33. The van der Waals surface area contributed by atoms with Crippen LogP contribution in [0.4, 0.5) is 0 Å². The fourth-order valence-corrected chi connectivity index (χ4v) is 2.46. The quantitative estimate of drug-likeness (QED) is 0.861. The first-order valence-corrected chi connectivity index (χ1v) is 6.19. The van der Waals surface area contributed by atoms with Gasteiger partial charge < -0.3 is 9.84 Å². The topological polar surface area (TPSA) is 32.7 Å². The number of benzene rings is 1. The smallest absolute Gasteiger partial charge is 0.0644 e. The molecule has 1 saturated heterocycles. The summed E-state index contributed by atoms with van der Waals surface area (Å²) in [6.45, 7) is 7.63. The summed E-state index contributed by atoms with van der Waals surface area (Å²) < 4.78 is 5.39. The summed E-state index contributed by atoms with van der Waals surface area (Å²) in [5, 5.41) is 9.33. The number of hydrogen-bond acceptors (Lipinski definition) is 3. The van der Waals surface area contributed by atoms with E-state index in [-0.39, 0.29) is 12.6 Å². The minimum atomic E-state index is 0.143. The molecule has 1 atom stereocenters. The Morgan fingerprint density at radius 1 is 1.29 bits per heavy atom. The molecule has 0 bridgehead atoms. The molecule has 0 spiro atoms. The second kappa shape index (κ2) is 5.63. The SMILES string of the molecule is Cc1cc(C)cc(CN2CCOCC2CO)c1. The maximum Gasteiger partial charge on any atom is 0.0644 e. The lowest BCUT2D eigenvalue weighted by Crippen LogP contribution is -2.46. The van der Waals surface area contributed by atoms with E-state index in [1.54, 1.807) is 0 Å². The van der Waals surface area contributed by atoms with E-state index in [0.717, 1.165) is 19.7 Å². The normalized spacial score (nSPS) is 21.7. The van der Waals surface area contributed by atoms with Crippen molar-refractivity contribution in [1.82, 2.24) is 4.90 Å². The molecule has 1 N–H and O–H groups in total. The highest BCUT2D eigenvalue weighted by Crippen LogP contribution is 2.15. The van der Waals surface area contributed by atoms with Gasteiger partial charge >= 0.3 is 0 Å². The average Bonchev–Trinajstić information content (AvgIpc) is 2.28. The van der Waals surface area contributed by atoms with Gasteiger partial charge in [0.1, 0.15) is 0 Å². The van der Waals surface area contributed by atoms with Gasteiger partial charge in [-0.15, -0.1) is 0 Å². The number of aryl methyl sites for hydroxylation is 2. The molecule has 1 fully saturated rings. The fraction of sp³-hybridized carbons (Fsp3) is 0.571. The van der Waals surface area contributed by atoms with Crippen molar-refractivity contribution in [3.63, 3.8) is 0 Å². The second-order valence-corrected chi connectivity index (χ2v) is 4.88. The molecule has 1 heterocycles. The zero-order chi connectivity index (χ0) is 12.3. The van der Waals surface area contributed by atoms with Crippen molar-refractivity contribution < 1.29 is 9.84 Å². The molecule has 3 nitrogen and oxygen atoms in total. The third-order valence-corrected chi connectivity index (χ3v) is 3.23. The summed E-state index contributed by atoms with van der Waals surface area (Å²) in [5.41, 5.74) is 3.92. The molecule has 0 aromatic heterocycles. The van der Waals surface area contributed by atoms with Crippen LogP contribution in [0.3, 0.4) is 0 Å². The first-order valence-electron chi connectivity index (χ1n) is 6.19. The maximum absolute atomic E-state index is 9.33. The second-order valence-electron chi connectivity index (χ2n) is 4.88. The largest absolute Gasteiger partial charge is 0.395 e. The number of hydrogen-bond donors (Lipinski definition) is 1. The number of rotatable bonds is 3. The standard InChI is InChI=1S/C14H21NO2/c1-11-5-12(2)7-13(6-11)8-15-3-4-17-10-14(15)9-16/h5-7,14,16H,3-4,8-10H2,1-2H3. The highest BCUT2D eigenvalue weighted by atomic mass is 16.5. The average molecular weight is 235 g/mol. The number of aliphatic hydroxyl groups is 1. The predicted molar refractivity (Wildman–Crippen MR) is 68.0 cm³/mol. The van der Waals surface area contributed by atoms with Crippen LogP contribution in [0.25, 0.3) is 0 Å². The van der Waals surface area contributed by atoms with Gasteiger partial charge in [0.2, 0.25) is 0 Å². The molecule has 0 radical (unpaired) electrons. The van der Waals surface area contributed by atoms with E-state index in [1.807, 2.05) is 0 Å². The van der Waals surface area contributed by atoms with Gasteiger partial charge in [0.05, 0.1) is 25.9 Å². The van der Waals surface area contributed by atoms with Gasteiger partial charge in [0.15, 0.2) is 0 Å². The van der Waals surface area contributed by atoms with Gasteiger partial charge in [-0.2, -0.15) is 0 Å². The molecule has 1 aromatic rings. The third kappa shape index (κ3) is 3.28. The Bertz CT molecular complexity index is 358. The molecule has 1 aromatic carbocycles. The molecule has 3 heteroatoms. The molecule has 94 valence electrons. The lowest BCUT2D eigenvalue weighted by molar-refractivity contribution is -0.0312. The van der Waals surface area contributed by atoms with Gasteiger partial charge in [-0.05, 0) is 19.4 Å². The van der Waals surface area contributed by atoms with Crippen molar-refractivity contribution in [3.05, 3.63) is 34.9 Å². The lowest BCUT2D eigenvalue weighted by Gasteiger charge is -2.34. The van der Waals surface area contributed by atoms with E-state index < -0.39 is 0 Å². The van der Waals surface area contributed by atoms with E-state index >= 15 is 0 Å². The highest BCUT2D eigenvalue weighted by Gasteiger charge is 2.22. The summed E-state index contributed by atoms with van der Waals surface area (Å²) in [4.78, 5) is 2.30. The molecule has 0 saturated carbocycles. The summed E-state index contributed by atoms with van der Waals surface area (Å²) in [6, 6.07) is 6.77. The number of aliphatic hydroxyl groups excluding tert-OH is 1. The molecule has 1 aliphatic heterocycles. The molecule has 0 amide bonds. The van der Waals surface area contributed by atoms with Crippen LogP contribution in [0, 0.1) is 13.8 Å². The Hall–Kier alpha value is -0.900. The van der Waals surface area contributed by atoms with Crippen LogP contribution >= 0.6 is 0 Å². The van der Waals surface area contributed by atoms with E-state index in [1.165, 1.54) is 16.7 Å². The van der Waals surface area contributed by atoms with Crippen LogP contribution in [0.5, 0.6) is 0 Å². The molecule has 1 aliphatic rings. The molecule has 2 rings (SSSR count). The number of ether oxygens (including phenoxy) is 1. The van der Waals surface area contributed by atoms with E-state index in [0.29, 0.717) is 6.61 Å². The monoisotopic (exact) mass is 235 g/mol. The minimum Gasteiger partial charge on any atom is -0.395 e. The zero-order valence-corrected chi connectivity index (χ0v) is 10.6. The van der Waals surface area contributed by atoms with Gasteiger partial charge in [-0.1, -0.05) is 29.3 Å². The van der Waals surface area contributed by atoms with Crippen molar-refractivity contribution in [3.8, 4) is 0 Å². The van der Waals surface area contributed by atoms with Crippen LogP contribution in [0.15, 0.2) is 18.2 Å². The number of nitrogens with zero attached hydrogens (tertiary/aromatic N) is 1. The van der Waals surface area contributed by atoms with Crippen LogP contribution < -0.4 is 0 Å². The van der Waals surface area contributed by atoms with Crippen molar-refractivity contribution in [2.24, 2.45) is 0 Å². The van der Waals surface area contributed by atoms with Gasteiger partial charge in [-0.25, -0.2) is 0 Å². The van der Waals surface area contributed by atoms with E-state index in [4.69, 9.17) is 4.74 Å². The van der Waals surface area contributed by atoms with E-state index in [2.05, 4.69) is 36.9 Å². The Balaban J connectivity index is 2.08. The third-order valence-electron chi connectivity index (χ3n) is 3.23. The summed E-state index contributed by atoms with van der Waals surface area (Å²) >= 11 is 0. The van der Waals surface area contributed by atoms with Crippen molar-refractivity contribution >= 4 is 0 Å². The van der Waals surface area contributed by atoms with Gasteiger partial charge in [0.25, 0.3) is 0 Å². The molecule has 1 unspecified atom stereocenters. The Labute approximate surface area is 103 Å². The molecule has 17 heavy (non-hydrogen) atoms. The first-order chi connectivity index (χ1) is 8.19. The summed E-state index contributed by atoms with van der Waals surface area (Å²) in [7, 11) is 0. The van der Waals surface area contributed by atoms with E-state index in [9.17, 15) is 5.11 Å². The molecular weight excluding hydrogens is 214 g/mol. The molecule has 0 aliphatic carbocycles. The Morgan fingerprint density at radius 2 is 2.00 bits per heavy atom. The lowest BCUT2D eigenvalue weighted by atomic mass is 10.1. The highest BCUT2D eigenvalue weighted by molar-refractivity contribution is 5.28. The van der Waals surface area contributed by atoms with Gasteiger partial charge in [-0.3, -0.25) is 4.90 Å². The van der Waals surface area contributed by atoms with Crippen LogP contribution in [0.2, 0.25) is 0 Å². The van der Waals surface area contributed by atoms with Crippen molar-refractivity contribution in [2.75, 3.05) is 26.4 Å². The minimum absolute atomic E-state index is 0.143. The number of morpholine rings is 1. The summed E-state index contributed by atoms with van der Waals surface area (Å²) in [5.74, 6) is 0. The molecular formula is C14H21NO2. The predicted octanol–water partition coefficient (Wildman–Crippen LogP) is 1.50. The van der Waals surface area contributed by atoms with Crippen LogP contribution in [0.1, 0.15) is 16.7 Å². The van der Waals surface area contributed by atoms with Gasteiger partial charge in [0, 0.05) is 13.1 Å².